The van der Waals surface area contributed by atoms with Gasteiger partial charge in [0.25, 0.3) is 0 Å². The van der Waals surface area contributed by atoms with Crippen LogP contribution in [-0.2, 0) is 24.5 Å². The minimum atomic E-state index is -2.15. The summed E-state index contributed by atoms with van der Waals surface area (Å²) in [6.07, 6.45) is 12.4. The lowest BCUT2D eigenvalue weighted by atomic mass is 9.77. The molecular formula is C49H48Cl2N10O9. The monoisotopic (exact) mass is 990 g/mol. The number of alkyl halides is 2. The van der Waals surface area contributed by atoms with E-state index in [9.17, 15) is 20.4 Å². The van der Waals surface area contributed by atoms with Crippen LogP contribution >= 0.6 is 23.2 Å². The van der Waals surface area contributed by atoms with Gasteiger partial charge < -0.3 is 55.2 Å². The molecule has 0 bridgehead atoms. The largest absolute Gasteiger partial charge is 0.497 e. The average Bonchev–Trinajstić information content (AvgIpc) is 4.19. The number of nitrogens with two attached hydrogens (primary N) is 1. The van der Waals surface area contributed by atoms with Gasteiger partial charge in [0.1, 0.15) is 52.9 Å². The van der Waals surface area contributed by atoms with Gasteiger partial charge in [0, 0.05) is 0 Å². The van der Waals surface area contributed by atoms with E-state index < -0.39 is 71.6 Å². The molecule has 7 heterocycles. The Morgan fingerprint density at radius 1 is 0.743 bits per heavy atom. The van der Waals surface area contributed by atoms with E-state index in [1.807, 2.05) is 60.7 Å². The molecule has 3 saturated heterocycles. The second-order valence-electron chi connectivity index (χ2n) is 17.4. The molecule has 362 valence electrons. The van der Waals surface area contributed by atoms with Crippen molar-refractivity contribution in [1.29, 1.82) is 0 Å². The number of aromatic nitrogens is 8. The third-order valence-corrected chi connectivity index (χ3v) is 13.9. The fourth-order valence-corrected chi connectivity index (χ4v) is 10.1. The average molecular weight is 992 g/mol. The molecule has 3 aromatic carbocycles. The van der Waals surface area contributed by atoms with Gasteiger partial charge in [-0.2, -0.15) is 0 Å². The van der Waals surface area contributed by atoms with Gasteiger partial charge in [0.15, 0.2) is 52.3 Å². The van der Waals surface area contributed by atoms with Gasteiger partial charge >= 0.3 is 0 Å². The lowest BCUT2D eigenvalue weighted by Crippen LogP contribution is -2.53. The Hall–Kier alpha value is -6.46. The van der Waals surface area contributed by atoms with Crippen molar-refractivity contribution in [3.8, 4) is 30.4 Å². The first kappa shape index (κ1) is 48.6. The van der Waals surface area contributed by atoms with E-state index in [1.54, 1.807) is 31.9 Å². The number of aliphatic hydroxyl groups is 4. The van der Waals surface area contributed by atoms with E-state index >= 15 is 0 Å². The van der Waals surface area contributed by atoms with Crippen LogP contribution in [0, 0.1) is 24.7 Å². The van der Waals surface area contributed by atoms with Crippen LogP contribution in [0.15, 0.2) is 110 Å². The molecule has 0 spiro atoms. The van der Waals surface area contributed by atoms with Crippen molar-refractivity contribution in [2.24, 2.45) is 0 Å². The Balaban J connectivity index is 0.000000221. The van der Waals surface area contributed by atoms with E-state index in [0.717, 1.165) is 22.4 Å². The summed E-state index contributed by atoms with van der Waals surface area (Å²) < 4.78 is 33.3. The number of hydrogen-bond acceptors (Lipinski definition) is 17. The van der Waals surface area contributed by atoms with Crippen molar-refractivity contribution < 1.29 is 44.1 Å². The standard InChI is InChI=1S/C36H34ClN5O5.C13H14ClN5O4/c1-5-35-31(45-33(2,3)47-35)34(20-37,21-43)46-32(35)42-23-40-28-29(38-22-39-30(28)42)41-36(24-12-8-6-9-13-24,25-14-10-7-11-15-25)26-16-18-27(44-4)19-17-26;1-2-13(22)10(21)12(3-14,4-20)23-11(13)19-6-18-7-8(15)16-5-17-9(7)19/h1,6-19,22-23,31-32,43H,20-21H2,2-4H3,(H,38,39,41);1,5-6,10-11,20-22H,3-4H2,(H2,15,16,17)/t31-,32-,34-,35-;10-,11-,12-,13-/m11/s1. The van der Waals surface area contributed by atoms with E-state index in [4.69, 9.17) is 75.4 Å². The quantitative estimate of drug-likeness (QED) is 0.0577. The molecule has 7 aromatic rings. The summed E-state index contributed by atoms with van der Waals surface area (Å²) in [5.41, 5.74) is 2.62. The van der Waals surface area contributed by atoms with Gasteiger partial charge in [-0.05, 0) is 42.7 Å². The van der Waals surface area contributed by atoms with E-state index in [2.05, 4.69) is 61.4 Å². The molecular weight excluding hydrogens is 944 g/mol. The van der Waals surface area contributed by atoms with E-state index in [-0.39, 0.29) is 28.7 Å². The Kier molecular flexibility index (Phi) is 12.7. The Morgan fingerprint density at radius 3 is 1.84 bits per heavy atom. The second kappa shape index (κ2) is 18.4. The first-order chi connectivity index (χ1) is 33.7. The number of nitrogens with one attached hydrogen (secondary N) is 1. The van der Waals surface area contributed by atoms with Crippen molar-refractivity contribution in [3.63, 3.8) is 0 Å². The number of aliphatic hydroxyl groups excluding tert-OH is 3. The van der Waals surface area contributed by atoms with Crippen LogP contribution in [0.2, 0.25) is 0 Å². The summed E-state index contributed by atoms with van der Waals surface area (Å²) in [6.45, 7) is 2.45. The fraction of sp³-hybridized carbons (Fsp3) is 0.347. The van der Waals surface area contributed by atoms with Crippen LogP contribution in [0.5, 0.6) is 5.75 Å². The summed E-state index contributed by atoms with van der Waals surface area (Å²) >= 11 is 12.2. The number of methoxy groups -OCH3 is 1. The smallest absolute Gasteiger partial charge is 0.205 e. The van der Waals surface area contributed by atoms with Crippen LogP contribution in [0.4, 0.5) is 11.6 Å². The highest BCUT2D eigenvalue weighted by atomic mass is 35.5. The highest BCUT2D eigenvalue weighted by Gasteiger charge is 2.72. The molecule has 10 rings (SSSR count). The highest BCUT2D eigenvalue weighted by molar-refractivity contribution is 6.19. The molecule has 0 amide bonds. The first-order valence-electron chi connectivity index (χ1n) is 21.8. The van der Waals surface area contributed by atoms with Gasteiger partial charge in [-0.15, -0.1) is 36.0 Å². The van der Waals surface area contributed by atoms with Crippen molar-refractivity contribution in [2.75, 3.05) is 43.1 Å². The first-order valence-corrected chi connectivity index (χ1v) is 22.8. The normalized spacial score (nSPS) is 27.9. The number of anilines is 2. The zero-order valence-electron chi connectivity index (χ0n) is 37.9. The summed E-state index contributed by atoms with van der Waals surface area (Å²) in [6, 6.07) is 28.2. The predicted molar refractivity (Wildman–Crippen MR) is 257 cm³/mol. The number of fused-ring (bicyclic) bond motifs is 3. The number of halogens is 2. The Bertz CT molecular complexity index is 3050. The van der Waals surface area contributed by atoms with Gasteiger partial charge in [0.2, 0.25) is 5.60 Å². The lowest BCUT2D eigenvalue weighted by Gasteiger charge is -2.37. The molecule has 0 aliphatic carbocycles. The number of terminal acetylenes is 2. The van der Waals surface area contributed by atoms with Gasteiger partial charge in [0.05, 0.1) is 44.7 Å². The van der Waals surface area contributed by atoms with E-state index in [0.29, 0.717) is 17.0 Å². The molecule has 21 heteroatoms. The van der Waals surface area contributed by atoms with Crippen molar-refractivity contribution in [1.82, 2.24) is 39.0 Å². The summed E-state index contributed by atoms with van der Waals surface area (Å²) in [7, 11) is 1.64. The van der Waals surface area contributed by atoms with Crippen LogP contribution in [0.25, 0.3) is 22.3 Å². The number of ether oxygens (including phenoxy) is 5. The fourth-order valence-electron chi connectivity index (χ4n) is 9.48. The van der Waals surface area contributed by atoms with Crippen molar-refractivity contribution in [2.45, 2.75) is 72.2 Å². The number of rotatable bonds is 12. The van der Waals surface area contributed by atoms with Crippen molar-refractivity contribution >= 4 is 57.2 Å². The number of imidazole rings is 2. The van der Waals surface area contributed by atoms with Gasteiger partial charge in [-0.1, -0.05) is 84.6 Å². The minimum absolute atomic E-state index is 0.0828. The number of nitrogen functional groups attached to an aromatic ring is 1. The molecule has 3 aliphatic heterocycles. The SMILES string of the molecule is C#C[C@@]1(O)[C@H](O)[C@](CO)(CCl)O[C@H]1n1cnc2c(N)ncnc21.C#C[C@@]12OC(C)(C)O[C@@H]1[C@](CO)(CCl)O[C@H]2n1cnc2c(NC(c3ccccc3)(c3ccccc3)c3ccc(OC)cc3)ncnc21. The molecule has 0 unspecified atom stereocenters. The van der Waals surface area contributed by atoms with Gasteiger partial charge in [-0.3, -0.25) is 9.13 Å². The predicted octanol–water partition coefficient (Wildman–Crippen LogP) is 3.89. The molecule has 3 fully saturated rings. The third-order valence-electron chi connectivity index (χ3n) is 13.0. The molecule has 7 N–H and O–H groups in total. The second-order valence-corrected chi connectivity index (χ2v) is 18.0. The molecule has 3 aliphatic rings. The van der Waals surface area contributed by atoms with Crippen LogP contribution in [0.3, 0.4) is 0 Å². The molecule has 4 aromatic heterocycles. The summed E-state index contributed by atoms with van der Waals surface area (Å²) in [5.74, 6) is 4.83. The molecule has 70 heavy (non-hydrogen) atoms. The third kappa shape index (κ3) is 7.49. The highest BCUT2D eigenvalue weighted by Crippen LogP contribution is 2.56. The van der Waals surface area contributed by atoms with Crippen LogP contribution in [-0.4, -0.2) is 132 Å². The maximum absolute atomic E-state index is 10.7. The van der Waals surface area contributed by atoms with E-state index in [1.165, 1.54) is 23.5 Å². The zero-order valence-corrected chi connectivity index (χ0v) is 39.4. The number of nitrogens with zero attached hydrogens (tertiary/aromatic N) is 8. The van der Waals surface area contributed by atoms with Crippen LogP contribution in [0.1, 0.15) is 43.0 Å². The number of benzene rings is 3. The van der Waals surface area contributed by atoms with Crippen molar-refractivity contribution in [3.05, 3.63) is 127 Å². The Morgan fingerprint density at radius 2 is 1.29 bits per heavy atom. The lowest BCUT2D eigenvalue weighted by molar-refractivity contribution is -0.229. The minimum Gasteiger partial charge on any atom is -0.497 e. The summed E-state index contributed by atoms with van der Waals surface area (Å²) in [4.78, 5) is 26.0. The van der Waals surface area contributed by atoms with Gasteiger partial charge in [-0.25, -0.2) is 29.9 Å². The molecule has 8 atom stereocenters. The maximum atomic E-state index is 10.7. The number of hydrogen-bond donors (Lipinski definition) is 6. The molecule has 0 radical (unpaired) electrons. The topological polar surface area (TPSA) is 252 Å². The Labute approximate surface area is 411 Å². The molecule has 0 saturated carbocycles. The summed E-state index contributed by atoms with van der Waals surface area (Å²) in [5, 5.41) is 45.0. The molecule has 19 nitrogen and oxygen atoms in total. The van der Waals surface area contributed by atoms with Crippen LogP contribution < -0.4 is 15.8 Å². The zero-order chi connectivity index (χ0) is 49.7. The maximum Gasteiger partial charge on any atom is 0.205 e.